The Balaban J connectivity index is 2.06. The minimum absolute atomic E-state index is 0.366. The zero-order chi connectivity index (χ0) is 16.3. The first-order valence-electron chi connectivity index (χ1n) is 8.11. The van der Waals surface area contributed by atoms with Crippen LogP contribution in [0.5, 0.6) is 5.75 Å². The number of rotatable bonds is 3. The van der Waals surface area contributed by atoms with E-state index in [9.17, 15) is 0 Å². The van der Waals surface area contributed by atoms with Crippen LogP contribution in [0.25, 0.3) is 0 Å². The molecule has 2 unspecified atom stereocenters. The molecular formula is C17H22Cl2N3O+. The summed E-state index contributed by atoms with van der Waals surface area (Å²) in [4.78, 5) is 8.71. The van der Waals surface area contributed by atoms with Crippen LogP contribution in [0.2, 0.25) is 5.02 Å². The van der Waals surface area contributed by atoms with Crippen molar-refractivity contribution in [1.82, 2.24) is 4.48 Å². The zero-order valence-electron chi connectivity index (χ0n) is 13.3. The van der Waals surface area contributed by atoms with E-state index in [2.05, 4.69) is 9.98 Å². The number of hydrogen-bond donors (Lipinski definition) is 0. The molecule has 0 radical (unpaired) electrons. The summed E-state index contributed by atoms with van der Waals surface area (Å²) in [6.07, 6.45) is 10.7. The van der Waals surface area contributed by atoms with Crippen LogP contribution in [0, 0.1) is 0 Å². The number of halogens is 2. The number of hydrogen-bond acceptors (Lipinski definition) is 3. The summed E-state index contributed by atoms with van der Waals surface area (Å²) < 4.78 is 5.71. The monoisotopic (exact) mass is 354 g/mol. The van der Waals surface area contributed by atoms with Gasteiger partial charge >= 0.3 is 0 Å². The number of nitrogens with zero attached hydrogens (tertiary/aromatic N) is 3. The van der Waals surface area contributed by atoms with Crippen molar-refractivity contribution in [2.24, 2.45) is 9.98 Å². The lowest BCUT2D eigenvalue weighted by molar-refractivity contribution is 0.272. The molecule has 0 amide bonds. The van der Waals surface area contributed by atoms with E-state index < -0.39 is 5.62 Å². The molecule has 124 valence electrons. The molecule has 23 heavy (non-hydrogen) atoms. The fourth-order valence-corrected chi connectivity index (χ4v) is 4.27. The Morgan fingerprint density at radius 2 is 1.91 bits per heavy atom. The highest BCUT2D eigenvalue weighted by Crippen LogP contribution is 2.40. The van der Waals surface area contributed by atoms with Crippen LogP contribution in [-0.2, 0) is 0 Å². The summed E-state index contributed by atoms with van der Waals surface area (Å²) in [5, 5.41) is 0.586. The Hall–Kier alpha value is -1.10. The predicted molar refractivity (Wildman–Crippen MR) is 97.9 cm³/mol. The molecule has 1 aromatic rings. The molecule has 1 aromatic carbocycles. The average molecular weight is 355 g/mol. The smallest absolute Gasteiger partial charge is 0.272 e. The SMILES string of the molecule is COc1ccc([N+]2(C3CCCCCC3)C=NC=NC2Cl)cc1Cl. The topological polar surface area (TPSA) is 34.0 Å². The fourth-order valence-electron chi connectivity index (χ4n) is 3.65. The van der Waals surface area contributed by atoms with Crippen molar-refractivity contribution in [2.75, 3.05) is 7.11 Å². The summed E-state index contributed by atoms with van der Waals surface area (Å²) in [5.74, 6) is 0.665. The molecule has 6 heteroatoms. The van der Waals surface area contributed by atoms with Crippen molar-refractivity contribution in [3.8, 4) is 5.75 Å². The van der Waals surface area contributed by atoms with Gasteiger partial charge in [-0.1, -0.05) is 24.4 Å². The Bertz CT molecular complexity index is 612. The maximum atomic E-state index is 6.70. The standard InChI is InChI=1S/C17H22Cl2N3O/c1-23-16-9-8-14(10-15(16)18)22(12-20-11-21-17(22)19)13-6-4-2-3-5-7-13/h8-13,17H,2-7H2,1H3/q+1. The van der Waals surface area contributed by atoms with E-state index in [4.69, 9.17) is 27.9 Å². The number of methoxy groups -OCH3 is 1. The van der Waals surface area contributed by atoms with Gasteiger partial charge in [0.1, 0.15) is 23.8 Å². The molecule has 4 nitrogen and oxygen atoms in total. The number of benzene rings is 1. The molecule has 2 aliphatic rings. The summed E-state index contributed by atoms with van der Waals surface area (Å²) in [6.45, 7) is 0. The van der Waals surface area contributed by atoms with E-state index in [1.807, 2.05) is 24.5 Å². The van der Waals surface area contributed by atoms with Crippen LogP contribution in [0.15, 0.2) is 28.2 Å². The van der Waals surface area contributed by atoms with Gasteiger partial charge in [-0.2, -0.15) is 9.98 Å². The molecular weight excluding hydrogens is 333 g/mol. The minimum atomic E-state index is -0.417. The van der Waals surface area contributed by atoms with Gasteiger partial charge in [0.2, 0.25) is 0 Å². The summed E-state index contributed by atoms with van der Waals surface area (Å²) in [7, 11) is 1.62. The van der Waals surface area contributed by atoms with E-state index in [0.717, 1.165) is 18.5 Å². The van der Waals surface area contributed by atoms with Crippen LogP contribution >= 0.6 is 23.2 Å². The molecule has 1 aliphatic heterocycles. The molecule has 0 spiro atoms. The number of aliphatic imine (C=N–C) groups is 2. The maximum absolute atomic E-state index is 6.70. The second-order valence-corrected chi connectivity index (χ2v) is 6.94. The van der Waals surface area contributed by atoms with E-state index in [-0.39, 0.29) is 0 Å². The Labute approximate surface area is 147 Å². The van der Waals surface area contributed by atoms with Crippen LogP contribution in [-0.4, -0.2) is 31.5 Å². The van der Waals surface area contributed by atoms with Gasteiger partial charge in [0.05, 0.1) is 12.1 Å². The fraction of sp³-hybridized carbons (Fsp3) is 0.529. The van der Waals surface area contributed by atoms with Crippen molar-refractivity contribution >= 4 is 41.6 Å². The lowest BCUT2D eigenvalue weighted by Crippen LogP contribution is -2.60. The van der Waals surface area contributed by atoms with Crippen molar-refractivity contribution < 1.29 is 4.74 Å². The van der Waals surface area contributed by atoms with Crippen molar-refractivity contribution in [2.45, 2.75) is 50.2 Å². The minimum Gasteiger partial charge on any atom is -0.495 e. The third-order valence-electron chi connectivity index (χ3n) is 4.88. The summed E-state index contributed by atoms with van der Waals surface area (Å²) in [5.41, 5.74) is 0.600. The van der Waals surface area contributed by atoms with E-state index in [1.165, 1.54) is 32.0 Å². The van der Waals surface area contributed by atoms with Crippen molar-refractivity contribution in [3.63, 3.8) is 0 Å². The highest BCUT2D eigenvalue weighted by molar-refractivity contribution is 6.32. The number of ether oxygens (including phenoxy) is 1. The summed E-state index contributed by atoms with van der Waals surface area (Å²) >= 11 is 13.1. The van der Waals surface area contributed by atoms with Gasteiger partial charge in [0, 0.05) is 25.0 Å². The second-order valence-electron chi connectivity index (χ2n) is 6.14. The molecule has 1 heterocycles. The predicted octanol–water partition coefficient (Wildman–Crippen LogP) is 4.97. The lowest BCUT2D eigenvalue weighted by Gasteiger charge is -2.42. The number of quaternary nitrogens is 1. The average Bonchev–Trinajstić information content (AvgIpc) is 2.85. The molecule has 0 bridgehead atoms. The molecule has 0 aromatic heterocycles. The third kappa shape index (κ3) is 3.12. The van der Waals surface area contributed by atoms with Gasteiger partial charge in [-0.25, -0.2) is 4.48 Å². The first kappa shape index (κ1) is 16.7. The number of alkyl halides is 1. The van der Waals surface area contributed by atoms with E-state index in [1.54, 1.807) is 7.11 Å². The molecule has 1 fully saturated rings. The molecule has 3 rings (SSSR count). The lowest BCUT2D eigenvalue weighted by atomic mass is 10.0. The highest BCUT2D eigenvalue weighted by Gasteiger charge is 2.46. The Kier molecular flexibility index (Phi) is 5.24. The molecule has 1 saturated carbocycles. The van der Waals surface area contributed by atoms with Gasteiger partial charge < -0.3 is 4.74 Å². The zero-order valence-corrected chi connectivity index (χ0v) is 14.8. The first-order valence-corrected chi connectivity index (χ1v) is 8.92. The first-order chi connectivity index (χ1) is 11.2. The van der Waals surface area contributed by atoms with E-state index in [0.29, 0.717) is 21.3 Å². The van der Waals surface area contributed by atoms with Gasteiger partial charge in [-0.05, 0) is 30.5 Å². The maximum Gasteiger partial charge on any atom is 0.272 e. The molecule has 2 atom stereocenters. The van der Waals surface area contributed by atoms with Crippen molar-refractivity contribution in [3.05, 3.63) is 23.2 Å². The molecule has 1 aliphatic carbocycles. The van der Waals surface area contributed by atoms with Gasteiger partial charge in [-0.3, -0.25) is 0 Å². The van der Waals surface area contributed by atoms with Gasteiger partial charge in [0.25, 0.3) is 5.62 Å². The highest BCUT2D eigenvalue weighted by atomic mass is 35.5. The largest absolute Gasteiger partial charge is 0.495 e. The van der Waals surface area contributed by atoms with Gasteiger partial charge in [-0.15, -0.1) is 0 Å². The van der Waals surface area contributed by atoms with Crippen LogP contribution in [0.4, 0.5) is 5.69 Å². The van der Waals surface area contributed by atoms with Crippen molar-refractivity contribution in [1.29, 1.82) is 0 Å². The van der Waals surface area contributed by atoms with Crippen LogP contribution in [0.3, 0.4) is 0 Å². The van der Waals surface area contributed by atoms with Crippen LogP contribution in [0.1, 0.15) is 38.5 Å². The van der Waals surface area contributed by atoms with E-state index >= 15 is 0 Å². The molecule has 0 saturated heterocycles. The quantitative estimate of drug-likeness (QED) is 0.326. The van der Waals surface area contributed by atoms with Crippen LogP contribution < -0.4 is 9.22 Å². The summed E-state index contributed by atoms with van der Waals surface area (Å²) in [6, 6.07) is 6.22. The Morgan fingerprint density at radius 1 is 1.17 bits per heavy atom. The normalized spacial score (nSPS) is 28.6. The molecule has 0 N–H and O–H groups in total. The third-order valence-corrected chi connectivity index (χ3v) is 5.61. The Morgan fingerprint density at radius 3 is 2.52 bits per heavy atom. The second kappa shape index (κ2) is 7.20. The van der Waals surface area contributed by atoms with Gasteiger partial charge in [0.15, 0.2) is 6.34 Å².